The highest BCUT2D eigenvalue weighted by molar-refractivity contribution is 5.85. The lowest BCUT2D eigenvalue weighted by Gasteiger charge is -2.04. The van der Waals surface area contributed by atoms with Crippen LogP contribution in [0.15, 0.2) is 0 Å². The zero-order chi connectivity index (χ0) is 6.41. The molecule has 5 N–H and O–H groups in total. The van der Waals surface area contributed by atoms with Crippen molar-refractivity contribution in [2.45, 2.75) is 18.9 Å². The second-order valence-corrected chi connectivity index (χ2v) is 1.81. The molecule has 0 aromatic carbocycles. The van der Waals surface area contributed by atoms with Gasteiger partial charge in [0, 0.05) is 0 Å². The Hall–Kier alpha value is 0.460. The van der Waals surface area contributed by atoms with Crippen molar-refractivity contribution in [2.24, 2.45) is 11.5 Å². The largest absolute Gasteiger partial charge is 0.393 e. The van der Waals surface area contributed by atoms with Gasteiger partial charge in [-0.2, -0.15) is 0 Å². The summed E-state index contributed by atoms with van der Waals surface area (Å²) in [6, 6.07) is 0. The Morgan fingerprint density at radius 3 is 1.50 bits per heavy atom. The lowest BCUT2D eigenvalue weighted by Crippen LogP contribution is -2.17. The summed E-state index contributed by atoms with van der Waals surface area (Å²) in [7, 11) is 0. The summed E-state index contributed by atoms with van der Waals surface area (Å²) in [5, 5.41) is 8.89. The van der Waals surface area contributed by atoms with E-state index < -0.39 is 0 Å². The monoisotopic (exact) mass is 190 g/mol. The number of aliphatic hydroxyl groups is 1. The maximum absolute atomic E-state index is 8.89. The molecular formula is C5H16Cl2N2O. The molecular weight excluding hydrogens is 175 g/mol. The average molecular weight is 191 g/mol. The van der Waals surface area contributed by atoms with Gasteiger partial charge < -0.3 is 16.6 Å². The van der Waals surface area contributed by atoms with Gasteiger partial charge in [0.15, 0.2) is 0 Å². The minimum absolute atomic E-state index is 0. The van der Waals surface area contributed by atoms with Crippen LogP contribution in [-0.2, 0) is 0 Å². The van der Waals surface area contributed by atoms with E-state index in [0.29, 0.717) is 25.9 Å². The number of hydrogen-bond acceptors (Lipinski definition) is 3. The van der Waals surface area contributed by atoms with Crippen LogP contribution in [0.25, 0.3) is 0 Å². The third-order valence-corrected chi connectivity index (χ3v) is 1.000. The van der Waals surface area contributed by atoms with Crippen molar-refractivity contribution >= 4 is 24.8 Å². The smallest absolute Gasteiger partial charge is 0.0564 e. The molecule has 0 saturated carbocycles. The van der Waals surface area contributed by atoms with Gasteiger partial charge in [0.25, 0.3) is 0 Å². The van der Waals surface area contributed by atoms with Crippen molar-refractivity contribution in [3.63, 3.8) is 0 Å². The summed E-state index contributed by atoms with van der Waals surface area (Å²) in [5.41, 5.74) is 10.3. The average Bonchev–Trinajstić information content (AvgIpc) is 1.68. The van der Waals surface area contributed by atoms with Gasteiger partial charge in [0.1, 0.15) is 0 Å². The lowest BCUT2D eigenvalue weighted by atomic mass is 10.2. The molecule has 0 bridgehead atoms. The first kappa shape index (κ1) is 16.8. The Morgan fingerprint density at radius 2 is 1.30 bits per heavy atom. The third-order valence-electron chi connectivity index (χ3n) is 1.000. The van der Waals surface area contributed by atoms with Crippen molar-refractivity contribution in [3.8, 4) is 0 Å². The molecule has 0 rings (SSSR count). The highest BCUT2D eigenvalue weighted by Gasteiger charge is 1.98. The fourth-order valence-corrected chi connectivity index (χ4v) is 0.529. The van der Waals surface area contributed by atoms with E-state index in [-0.39, 0.29) is 30.9 Å². The molecule has 0 aliphatic carbocycles. The van der Waals surface area contributed by atoms with Crippen LogP contribution in [0, 0.1) is 0 Å². The first-order valence-electron chi connectivity index (χ1n) is 2.89. The summed E-state index contributed by atoms with van der Waals surface area (Å²) in [5.74, 6) is 0. The molecule has 0 heterocycles. The summed E-state index contributed by atoms with van der Waals surface area (Å²) in [6.07, 6.45) is 1.04. The molecule has 0 spiro atoms. The second-order valence-electron chi connectivity index (χ2n) is 1.81. The summed E-state index contributed by atoms with van der Waals surface area (Å²) in [4.78, 5) is 0. The van der Waals surface area contributed by atoms with E-state index in [1.165, 1.54) is 0 Å². The first-order valence-corrected chi connectivity index (χ1v) is 2.89. The van der Waals surface area contributed by atoms with Crippen molar-refractivity contribution in [2.75, 3.05) is 13.1 Å². The molecule has 10 heavy (non-hydrogen) atoms. The molecule has 0 saturated heterocycles. The van der Waals surface area contributed by atoms with Gasteiger partial charge in [-0.3, -0.25) is 0 Å². The molecule has 0 fully saturated rings. The molecule has 0 aliphatic rings. The van der Waals surface area contributed by atoms with Gasteiger partial charge >= 0.3 is 0 Å². The Bertz CT molecular complexity index is 50.9. The second kappa shape index (κ2) is 12.2. The first-order chi connectivity index (χ1) is 3.81. The Morgan fingerprint density at radius 1 is 1.00 bits per heavy atom. The van der Waals surface area contributed by atoms with Gasteiger partial charge in [0.2, 0.25) is 0 Å². The van der Waals surface area contributed by atoms with Crippen molar-refractivity contribution in [3.05, 3.63) is 0 Å². The Kier molecular flexibility index (Phi) is 20.5. The van der Waals surface area contributed by atoms with E-state index in [2.05, 4.69) is 0 Å². The predicted octanol–water partition coefficient (Wildman–Crippen LogP) is -0.112. The zero-order valence-corrected chi connectivity index (χ0v) is 7.46. The minimum Gasteiger partial charge on any atom is -0.393 e. The number of rotatable bonds is 4. The lowest BCUT2D eigenvalue weighted by molar-refractivity contribution is 0.160. The standard InChI is InChI=1S/C5H14N2O.2ClH/c6-3-1-5(8)2-4-7;;/h5,8H,1-4,6-7H2;2*1H. The van der Waals surface area contributed by atoms with Gasteiger partial charge in [0.05, 0.1) is 6.10 Å². The van der Waals surface area contributed by atoms with E-state index in [1.54, 1.807) is 0 Å². The fourth-order valence-electron chi connectivity index (χ4n) is 0.529. The van der Waals surface area contributed by atoms with Crippen LogP contribution in [0.4, 0.5) is 0 Å². The highest BCUT2D eigenvalue weighted by Crippen LogP contribution is 1.91. The maximum Gasteiger partial charge on any atom is 0.0564 e. The SMILES string of the molecule is Cl.Cl.NCCC(O)CCN. The molecule has 0 aromatic heterocycles. The van der Waals surface area contributed by atoms with E-state index in [4.69, 9.17) is 16.6 Å². The molecule has 0 aromatic rings. The zero-order valence-electron chi connectivity index (χ0n) is 5.82. The number of hydrogen-bond donors (Lipinski definition) is 3. The van der Waals surface area contributed by atoms with Crippen LogP contribution in [0.1, 0.15) is 12.8 Å². The fraction of sp³-hybridized carbons (Fsp3) is 1.00. The van der Waals surface area contributed by atoms with E-state index in [0.717, 1.165) is 0 Å². The quantitative estimate of drug-likeness (QED) is 0.580. The number of nitrogens with two attached hydrogens (primary N) is 2. The Labute approximate surface area is 74.0 Å². The van der Waals surface area contributed by atoms with Crippen LogP contribution >= 0.6 is 24.8 Å². The van der Waals surface area contributed by atoms with Crippen molar-refractivity contribution in [1.29, 1.82) is 0 Å². The molecule has 3 nitrogen and oxygen atoms in total. The molecule has 0 atom stereocenters. The molecule has 5 heteroatoms. The minimum atomic E-state index is -0.287. The van der Waals surface area contributed by atoms with E-state index >= 15 is 0 Å². The highest BCUT2D eigenvalue weighted by atomic mass is 35.5. The van der Waals surface area contributed by atoms with Gasteiger partial charge in [-0.25, -0.2) is 0 Å². The van der Waals surface area contributed by atoms with Crippen LogP contribution in [-0.4, -0.2) is 24.3 Å². The normalized spacial score (nSPS) is 8.40. The van der Waals surface area contributed by atoms with Gasteiger partial charge in [-0.1, -0.05) is 0 Å². The summed E-state index contributed by atoms with van der Waals surface area (Å²) >= 11 is 0. The molecule has 0 unspecified atom stereocenters. The van der Waals surface area contributed by atoms with Gasteiger partial charge in [-0.15, -0.1) is 24.8 Å². The predicted molar refractivity (Wildman–Crippen MR) is 47.8 cm³/mol. The Balaban J connectivity index is -0.000000245. The van der Waals surface area contributed by atoms with Crippen molar-refractivity contribution in [1.82, 2.24) is 0 Å². The van der Waals surface area contributed by atoms with Crippen LogP contribution < -0.4 is 11.5 Å². The van der Waals surface area contributed by atoms with E-state index in [1.807, 2.05) is 0 Å². The molecule has 66 valence electrons. The molecule has 0 radical (unpaired) electrons. The number of aliphatic hydroxyl groups excluding tert-OH is 1. The van der Waals surface area contributed by atoms with Crippen LogP contribution in [0.2, 0.25) is 0 Å². The van der Waals surface area contributed by atoms with Crippen molar-refractivity contribution < 1.29 is 5.11 Å². The third kappa shape index (κ3) is 11.3. The number of halogens is 2. The molecule has 0 aliphatic heterocycles. The summed E-state index contributed by atoms with van der Waals surface area (Å²) in [6.45, 7) is 1.09. The van der Waals surface area contributed by atoms with Gasteiger partial charge in [-0.05, 0) is 25.9 Å². The van der Waals surface area contributed by atoms with E-state index in [9.17, 15) is 0 Å². The topological polar surface area (TPSA) is 72.3 Å². The maximum atomic E-state index is 8.89. The molecule has 0 amide bonds. The van der Waals surface area contributed by atoms with Crippen LogP contribution in [0.5, 0.6) is 0 Å². The van der Waals surface area contributed by atoms with Crippen LogP contribution in [0.3, 0.4) is 0 Å². The summed E-state index contributed by atoms with van der Waals surface area (Å²) < 4.78 is 0.